The third kappa shape index (κ3) is 3.04. The van der Waals surface area contributed by atoms with Gasteiger partial charge in [-0.25, -0.2) is 4.79 Å². The number of nitrogens with one attached hydrogen (secondary N) is 2. The van der Waals surface area contributed by atoms with Crippen molar-refractivity contribution in [2.24, 2.45) is 0 Å². The molecule has 4 heterocycles. The number of hydrogen-bond acceptors (Lipinski definition) is 4. The van der Waals surface area contributed by atoms with E-state index in [-0.39, 0.29) is 18.0 Å². The molecule has 3 amide bonds. The van der Waals surface area contributed by atoms with Crippen molar-refractivity contribution in [2.45, 2.75) is 44.2 Å². The van der Waals surface area contributed by atoms with E-state index in [0.29, 0.717) is 19.5 Å². The lowest BCUT2D eigenvalue weighted by Gasteiger charge is -2.26. The van der Waals surface area contributed by atoms with E-state index in [1.807, 2.05) is 28.8 Å². The predicted octanol–water partition coefficient (Wildman–Crippen LogP) is 1.24. The number of likely N-dealkylation sites (tertiary alicyclic amines) is 1. The number of amides is 3. The summed E-state index contributed by atoms with van der Waals surface area (Å²) in [5.41, 5.74) is 0.771. The molecule has 0 aromatic carbocycles. The van der Waals surface area contributed by atoms with Crippen LogP contribution in [0.15, 0.2) is 24.4 Å². The molecule has 0 saturated carbocycles. The van der Waals surface area contributed by atoms with Crippen LogP contribution in [0.5, 0.6) is 0 Å². The Labute approximate surface area is 145 Å². The first-order valence-electron chi connectivity index (χ1n) is 8.88. The van der Waals surface area contributed by atoms with Crippen molar-refractivity contribution < 1.29 is 9.59 Å². The molecule has 2 N–H and O–H groups in total. The van der Waals surface area contributed by atoms with Crippen molar-refractivity contribution in [3.63, 3.8) is 0 Å². The van der Waals surface area contributed by atoms with Crippen LogP contribution in [-0.2, 0) is 4.79 Å². The summed E-state index contributed by atoms with van der Waals surface area (Å²) in [5, 5.41) is 14.2. The van der Waals surface area contributed by atoms with E-state index < -0.39 is 6.04 Å². The average molecular weight is 342 g/mol. The largest absolute Gasteiger partial charge is 0.354 e. The van der Waals surface area contributed by atoms with Gasteiger partial charge in [0.05, 0.1) is 6.04 Å². The quantitative estimate of drug-likeness (QED) is 0.859. The van der Waals surface area contributed by atoms with Crippen molar-refractivity contribution in [1.29, 1.82) is 0 Å². The highest BCUT2D eigenvalue weighted by Crippen LogP contribution is 2.31. The van der Waals surface area contributed by atoms with Gasteiger partial charge >= 0.3 is 6.03 Å². The second-order valence-corrected chi connectivity index (χ2v) is 6.63. The smallest absolute Gasteiger partial charge is 0.318 e. The molecule has 2 fully saturated rings. The molecule has 4 rings (SSSR count). The molecular weight excluding hydrogens is 320 g/mol. The summed E-state index contributed by atoms with van der Waals surface area (Å²) in [7, 11) is 0. The van der Waals surface area contributed by atoms with Gasteiger partial charge < -0.3 is 15.5 Å². The fourth-order valence-corrected chi connectivity index (χ4v) is 3.67. The fraction of sp³-hybridized carbons (Fsp3) is 0.529. The highest BCUT2D eigenvalue weighted by atomic mass is 16.2. The molecule has 2 saturated heterocycles. The van der Waals surface area contributed by atoms with E-state index >= 15 is 0 Å². The molecule has 0 aliphatic carbocycles. The van der Waals surface area contributed by atoms with E-state index in [1.165, 1.54) is 0 Å². The number of aromatic nitrogens is 3. The van der Waals surface area contributed by atoms with Crippen LogP contribution in [0.1, 0.15) is 44.0 Å². The predicted molar refractivity (Wildman–Crippen MR) is 90.8 cm³/mol. The van der Waals surface area contributed by atoms with Gasteiger partial charge in [-0.2, -0.15) is 0 Å². The van der Waals surface area contributed by atoms with Crippen LogP contribution in [0.25, 0.3) is 5.65 Å². The van der Waals surface area contributed by atoms with E-state index in [4.69, 9.17) is 0 Å². The Morgan fingerprint density at radius 1 is 1.20 bits per heavy atom. The normalized spacial score (nSPS) is 24.2. The third-order valence-corrected chi connectivity index (χ3v) is 4.98. The highest BCUT2D eigenvalue weighted by molar-refractivity contribution is 5.87. The molecule has 2 aromatic rings. The summed E-state index contributed by atoms with van der Waals surface area (Å²) in [6.07, 6.45) is 6.25. The molecule has 8 nitrogen and oxygen atoms in total. The second-order valence-electron chi connectivity index (χ2n) is 6.63. The Bertz CT molecular complexity index is 788. The Balaban J connectivity index is 1.53. The van der Waals surface area contributed by atoms with E-state index in [1.54, 1.807) is 4.90 Å². The van der Waals surface area contributed by atoms with Gasteiger partial charge in [0.1, 0.15) is 6.04 Å². The third-order valence-electron chi connectivity index (χ3n) is 4.98. The van der Waals surface area contributed by atoms with Gasteiger partial charge in [0.15, 0.2) is 11.5 Å². The lowest BCUT2D eigenvalue weighted by Crippen LogP contribution is -2.50. The Morgan fingerprint density at radius 2 is 2.12 bits per heavy atom. The Morgan fingerprint density at radius 3 is 3.04 bits per heavy atom. The van der Waals surface area contributed by atoms with Crippen LogP contribution in [0.2, 0.25) is 0 Å². The molecule has 2 aliphatic rings. The van der Waals surface area contributed by atoms with Crippen LogP contribution < -0.4 is 10.6 Å². The first-order valence-corrected chi connectivity index (χ1v) is 8.88. The van der Waals surface area contributed by atoms with Crippen LogP contribution in [0, 0.1) is 0 Å². The molecule has 132 valence electrons. The monoisotopic (exact) mass is 342 g/mol. The highest BCUT2D eigenvalue weighted by Gasteiger charge is 2.35. The average Bonchev–Trinajstić information content (AvgIpc) is 3.21. The fourth-order valence-electron chi connectivity index (χ4n) is 3.67. The number of nitrogens with zero attached hydrogens (tertiary/aromatic N) is 4. The number of carbonyl (C=O) groups excluding carboxylic acids is 2. The van der Waals surface area contributed by atoms with Crippen molar-refractivity contribution in [2.75, 3.05) is 13.1 Å². The minimum atomic E-state index is -0.452. The number of urea groups is 1. The summed E-state index contributed by atoms with van der Waals surface area (Å²) in [6, 6.07) is 4.97. The Hall–Kier alpha value is -2.64. The number of pyridine rings is 1. The Kier molecular flexibility index (Phi) is 4.25. The van der Waals surface area contributed by atoms with Crippen LogP contribution in [0.3, 0.4) is 0 Å². The summed E-state index contributed by atoms with van der Waals surface area (Å²) in [5.74, 6) is 0.683. The summed E-state index contributed by atoms with van der Waals surface area (Å²) < 4.78 is 1.93. The molecule has 2 aromatic heterocycles. The van der Waals surface area contributed by atoms with Gasteiger partial charge in [0, 0.05) is 19.3 Å². The molecule has 0 bridgehead atoms. The minimum Gasteiger partial charge on any atom is -0.354 e. The van der Waals surface area contributed by atoms with Crippen LogP contribution in [0.4, 0.5) is 4.79 Å². The van der Waals surface area contributed by atoms with E-state index in [2.05, 4.69) is 20.8 Å². The van der Waals surface area contributed by atoms with Gasteiger partial charge in [-0.3, -0.25) is 9.20 Å². The number of carbonyl (C=O) groups is 2. The lowest BCUT2D eigenvalue weighted by molar-refractivity contribution is -0.122. The lowest BCUT2D eigenvalue weighted by atomic mass is 10.1. The van der Waals surface area contributed by atoms with Crippen LogP contribution >= 0.6 is 0 Å². The van der Waals surface area contributed by atoms with Crippen molar-refractivity contribution in [1.82, 2.24) is 30.1 Å². The topological polar surface area (TPSA) is 91.6 Å². The second kappa shape index (κ2) is 6.70. The maximum absolute atomic E-state index is 12.8. The van der Waals surface area contributed by atoms with Gasteiger partial charge in [-0.15, -0.1) is 10.2 Å². The summed E-state index contributed by atoms with van der Waals surface area (Å²) >= 11 is 0. The van der Waals surface area contributed by atoms with Crippen LogP contribution in [-0.4, -0.2) is 50.6 Å². The first kappa shape index (κ1) is 15.9. The SMILES string of the molecule is O=C1NCCCC[C@H]1NC(=O)N1CCC[C@@H]1c1nnc2ccccn12. The van der Waals surface area contributed by atoms with E-state index in [0.717, 1.165) is 37.2 Å². The van der Waals surface area contributed by atoms with Gasteiger partial charge in [-0.1, -0.05) is 6.07 Å². The first-order chi connectivity index (χ1) is 12.2. The number of rotatable bonds is 2. The zero-order valence-electron chi connectivity index (χ0n) is 14.0. The zero-order chi connectivity index (χ0) is 17.2. The summed E-state index contributed by atoms with van der Waals surface area (Å²) in [4.78, 5) is 26.6. The number of fused-ring (bicyclic) bond motifs is 1. The molecule has 8 heteroatoms. The zero-order valence-corrected chi connectivity index (χ0v) is 14.0. The molecule has 0 unspecified atom stereocenters. The number of hydrogen-bond donors (Lipinski definition) is 2. The molecule has 0 spiro atoms. The van der Waals surface area contributed by atoms with Crippen molar-refractivity contribution in [3.8, 4) is 0 Å². The summed E-state index contributed by atoms with van der Waals surface area (Å²) in [6.45, 7) is 1.34. The molecule has 25 heavy (non-hydrogen) atoms. The standard InChI is InChI=1S/C17H22N6O2/c24-16-12(6-1-3-9-18-16)19-17(25)22-11-5-7-13(22)15-21-20-14-8-2-4-10-23(14)15/h2,4,8,10,12-13H,1,3,5-7,9,11H2,(H,18,24)(H,19,25)/t12-,13-/m1/s1. The van der Waals surface area contributed by atoms with Crippen molar-refractivity contribution in [3.05, 3.63) is 30.2 Å². The van der Waals surface area contributed by atoms with E-state index in [9.17, 15) is 9.59 Å². The minimum absolute atomic E-state index is 0.0884. The maximum Gasteiger partial charge on any atom is 0.318 e. The molecule has 2 atom stereocenters. The maximum atomic E-state index is 12.8. The van der Waals surface area contributed by atoms with Gasteiger partial charge in [0.2, 0.25) is 5.91 Å². The van der Waals surface area contributed by atoms with Gasteiger partial charge in [-0.05, 0) is 44.2 Å². The van der Waals surface area contributed by atoms with Gasteiger partial charge in [0.25, 0.3) is 0 Å². The molecule has 0 radical (unpaired) electrons. The molecular formula is C17H22N6O2. The molecule has 2 aliphatic heterocycles. The van der Waals surface area contributed by atoms with Crippen molar-refractivity contribution >= 4 is 17.6 Å².